The molecule has 0 atom stereocenters. The Labute approximate surface area is 158 Å². The lowest BCUT2D eigenvalue weighted by Crippen LogP contribution is -2.47. The summed E-state index contributed by atoms with van der Waals surface area (Å²) in [5, 5.41) is 5.40. The van der Waals surface area contributed by atoms with E-state index in [2.05, 4.69) is 15.6 Å². The number of nitrogens with one attached hydrogen (secondary N) is 3. The molecule has 3 N–H and O–H groups in total. The fourth-order valence-corrected chi connectivity index (χ4v) is 3.62. The molecule has 2 heterocycles. The summed E-state index contributed by atoms with van der Waals surface area (Å²) in [7, 11) is 0. The summed E-state index contributed by atoms with van der Waals surface area (Å²) < 4.78 is 0. The molecule has 27 heavy (non-hydrogen) atoms. The maximum Gasteiger partial charge on any atom is 0.325 e. The van der Waals surface area contributed by atoms with E-state index in [1.54, 1.807) is 13.8 Å². The molecule has 8 heteroatoms. The molecule has 148 valence electrons. The van der Waals surface area contributed by atoms with Crippen LogP contribution in [0.4, 0.5) is 4.79 Å². The van der Waals surface area contributed by atoms with Gasteiger partial charge in [0.05, 0.1) is 0 Å². The molecule has 1 aliphatic rings. The minimum absolute atomic E-state index is 0.0407. The van der Waals surface area contributed by atoms with Gasteiger partial charge in [-0.3, -0.25) is 19.3 Å². The first-order valence-electron chi connectivity index (χ1n) is 9.34. The van der Waals surface area contributed by atoms with Gasteiger partial charge in [0.2, 0.25) is 5.91 Å². The molecule has 1 aliphatic heterocycles. The van der Waals surface area contributed by atoms with Crippen molar-refractivity contribution < 1.29 is 14.4 Å². The van der Waals surface area contributed by atoms with Crippen LogP contribution in [0.5, 0.6) is 0 Å². The Bertz CT molecular complexity index is 793. The maximum absolute atomic E-state index is 12.8. The van der Waals surface area contributed by atoms with E-state index in [-0.39, 0.29) is 24.6 Å². The summed E-state index contributed by atoms with van der Waals surface area (Å²) in [6, 6.07) is 1.28. The number of urea groups is 1. The van der Waals surface area contributed by atoms with Crippen molar-refractivity contribution in [1.82, 2.24) is 20.5 Å². The fourth-order valence-electron chi connectivity index (χ4n) is 3.62. The second-order valence-electron chi connectivity index (χ2n) is 7.12. The normalized spacial score (nSPS) is 15.8. The van der Waals surface area contributed by atoms with Gasteiger partial charge >= 0.3 is 6.03 Å². The number of carbonyl (C=O) groups is 3. The largest absolute Gasteiger partial charge is 0.350 e. The first-order valence-corrected chi connectivity index (χ1v) is 9.34. The molecule has 0 saturated carbocycles. The summed E-state index contributed by atoms with van der Waals surface area (Å²) >= 11 is 0. The van der Waals surface area contributed by atoms with Gasteiger partial charge in [0.1, 0.15) is 12.1 Å². The number of aromatic nitrogens is 1. The van der Waals surface area contributed by atoms with Gasteiger partial charge in [-0.1, -0.05) is 26.7 Å². The minimum Gasteiger partial charge on any atom is -0.350 e. The Morgan fingerprint density at radius 2 is 1.78 bits per heavy atom. The highest BCUT2D eigenvalue weighted by molar-refractivity contribution is 6.09. The van der Waals surface area contributed by atoms with Crippen molar-refractivity contribution in [1.29, 1.82) is 0 Å². The van der Waals surface area contributed by atoms with Crippen LogP contribution < -0.4 is 16.2 Å². The summed E-state index contributed by atoms with van der Waals surface area (Å²) in [6.07, 6.45) is 2.59. The molecule has 8 nitrogen and oxygen atoms in total. The highest BCUT2D eigenvalue weighted by atomic mass is 16.2. The van der Waals surface area contributed by atoms with E-state index >= 15 is 0 Å². The van der Waals surface area contributed by atoms with Crippen LogP contribution in [-0.4, -0.2) is 39.8 Å². The lowest BCUT2D eigenvalue weighted by Gasteiger charge is -2.25. The van der Waals surface area contributed by atoms with E-state index in [1.807, 2.05) is 19.9 Å². The lowest BCUT2D eigenvalue weighted by molar-refractivity contribution is -0.135. The Kier molecular flexibility index (Phi) is 6.41. The minimum atomic E-state index is -0.911. The predicted molar refractivity (Wildman–Crippen MR) is 101 cm³/mol. The van der Waals surface area contributed by atoms with Crippen molar-refractivity contribution in [2.45, 2.75) is 65.5 Å². The summed E-state index contributed by atoms with van der Waals surface area (Å²) in [6.45, 7) is 7.17. The van der Waals surface area contributed by atoms with Crippen LogP contribution in [0.15, 0.2) is 10.9 Å². The summed E-state index contributed by atoms with van der Waals surface area (Å²) in [4.78, 5) is 53.0. The number of hydrogen-bond donors (Lipinski definition) is 3. The van der Waals surface area contributed by atoms with Crippen molar-refractivity contribution in [3.05, 3.63) is 33.2 Å². The van der Waals surface area contributed by atoms with Crippen LogP contribution in [0, 0.1) is 13.8 Å². The lowest BCUT2D eigenvalue weighted by atomic mass is 9.88. The van der Waals surface area contributed by atoms with Crippen molar-refractivity contribution in [2.24, 2.45) is 0 Å². The first-order chi connectivity index (χ1) is 12.7. The number of pyridine rings is 1. The summed E-state index contributed by atoms with van der Waals surface area (Å²) in [5.41, 5.74) is 0.808. The van der Waals surface area contributed by atoms with E-state index < -0.39 is 17.5 Å². The number of carbonyl (C=O) groups excluding carboxylic acids is 3. The van der Waals surface area contributed by atoms with E-state index in [4.69, 9.17) is 0 Å². The number of H-pyrrole nitrogens is 1. The van der Waals surface area contributed by atoms with E-state index in [1.165, 1.54) is 0 Å². The summed E-state index contributed by atoms with van der Waals surface area (Å²) in [5.74, 6) is -0.836. The molecular formula is C19H28N4O4. The molecule has 4 amide bonds. The Balaban J connectivity index is 2.04. The average molecular weight is 376 g/mol. The Morgan fingerprint density at radius 1 is 1.15 bits per heavy atom. The Morgan fingerprint density at radius 3 is 2.33 bits per heavy atom. The van der Waals surface area contributed by atoms with Gasteiger partial charge in [-0.15, -0.1) is 0 Å². The first kappa shape index (κ1) is 20.7. The molecule has 0 unspecified atom stereocenters. The number of amides is 4. The van der Waals surface area contributed by atoms with Crippen molar-refractivity contribution >= 4 is 17.8 Å². The number of nitrogens with zero attached hydrogens (tertiary/aromatic N) is 1. The zero-order valence-electron chi connectivity index (χ0n) is 16.4. The average Bonchev–Trinajstić information content (AvgIpc) is 2.79. The molecule has 1 aromatic heterocycles. The SMILES string of the molecule is CCCC1(CCC)NC(=O)N(CC(=O)NCc2c(C)cc(C)[nH]c2=O)C1=O. The number of hydrogen-bond acceptors (Lipinski definition) is 4. The van der Waals surface area contributed by atoms with Crippen LogP contribution in [0.2, 0.25) is 0 Å². The standard InChI is InChI=1S/C19H28N4O4/c1-5-7-19(8-6-2)17(26)23(18(27)22-19)11-15(24)20-10-14-12(3)9-13(4)21-16(14)25/h9H,5-8,10-11H2,1-4H3,(H,20,24)(H,21,25)(H,22,27). The fraction of sp³-hybridized carbons (Fsp3) is 0.579. The van der Waals surface area contributed by atoms with Crippen molar-refractivity contribution in [3.8, 4) is 0 Å². The van der Waals surface area contributed by atoms with Crippen LogP contribution in [0.25, 0.3) is 0 Å². The maximum atomic E-state index is 12.8. The Hall–Kier alpha value is -2.64. The number of aromatic amines is 1. The van der Waals surface area contributed by atoms with Crippen molar-refractivity contribution in [3.63, 3.8) is 0 Å². The topological polar surface area (TPSA) is 111 Å². The predicted octanol–water partition coefficient (Wildman–Crippen LogP) is 1.50. The van der Waals surface area contributed by atoms with Gasteiger partial charge in [0.15, 0.2) is 0 Å². The molecule has 0 bridgehead atoms. The van der Waals surface area contributed by atoms with Gasteiger partial charge in [-0.25, -0.2) is 4.79 Å². The second-order valence-corrected chi connectivity index (χ2v) is 7.12. The molecule has 0 aromatic carbocycles. The molecule has 0 radical (unpaired) electrons. The monoisotopic (exact) mass is 376 g/mol. The number of rotatable bonds is 8. The van der Waals surface area contributed by atoms with E-state index in [0.29, 0.717) is 18.4 Å². The quantitative estimate of drug-likeness (QED) is 0.597. The van der Waals surface area contributed by atoms with Gasteiger partial charge in [-0.2, -0.15) is 0 Å². The zero-order valence-corrected chi connectivity index (χ0v) is 16.4. The number of aryl methyl sites for hydroxylation is 2. The van der Waals surface area contributed by atoms with Crippen LogP contribution >= 0.6 is 0 Å². The van der Waals surface area contributed by atoms with Gasteiger partial charge in [0, 0.05) is 17.8 Å². The smallest absolute Gasteiger partial charge is 0.325 e. The molecule has 2 rings (SSSR count). The van der Waals surface area contributed by atoms with Crippen LogP contribution in [0.1, 0.15) is 56.4 Å². The van der Waals surface area contributed by atoms with E-state index in [0.717, 1.165) is 29.0 Å². The molecule has 0 aliphatic carbocycles. The molecule has 1 aromatic rings. The molecule has 0 spiro atoms. The highest BCUT2D eigenvalue weighted by Crippen LogP contribution is 2.27. The van der Waals surface area contributed by atoms with Crippen molar-refractivity contribution in [2.75, 3.05) is 6.54 Å². The van der Waals surface area contributed by atoms with Gasteiger partial charge < -0.3 is 15.6 Å². The van der Waals surface area contributed by atoms with Crippen LogP contribution in [-0.2, 0) is 16.1 Å². The number of imide groups is 1. The second kappa shape index (κ2) is 8.37. The zero-order chi connectivity index (χ0) is 20.2. The highest BCUT2D eigenvalue weighted by Gasteiger charge is 2.50. The molecule has 1 fully saturated rings. The third kappa shape index (κ3) is 4.37. The molecular weight excluding hydrogens is 348 g/mol. The van der Waals surface area contributed by atoms with Gasteiger partial charge in [0.25, 0.3) is 11.5 Å². The van der Waals surface area contributed by atoms with Crippen LogP contribution in [0.3, 0.4) is 0 Å². The third-order valence-corrected chi connectivity index (χ3v) is 4.86. The third-order valence-electron chi connectivity index (χ3n) is 4.86. The van der Waals surface area contributed by atoms with E-state index in [9.17, 15) is 19.2 Å². The van der Waals surface area contributed by atoms with Gasteiger partial charge in [-0.05, 0) is 38.3 Å². The molecule has 1 saturated heterocycles.